The molecule has 0 aliphatic heterocycles. The lowest BCUT2D eigenvalue weighted by Gasteiger charge is -2.15. The van der Waals surface area contributed by atoms with Crippen LogP contribution in [0.25, 0.3) is 11.3 Å². The monoisotopic (exact) mass is 306 g/mol. The van der Waals surface area contributed by atoms with Gasteiger partial charge in [0, 0.05) is 11.8 Å². The number of nitrogen functional groups attached to an aromatic ring is 1. The Bertz CT molecular complexity index is 625. The van der Waals surface area contributed by atoms with E-state index in [9.17, 15) is 0 Å². The summed E-state index contributed by atoms with van der Waals surface area (Å²) in [6, 6.07) is 2.18. The van der Waals surface area contributed by atoms with Crippen molar-refractivity contribution in [3.8, 4) is 17.3 Å². The molecule has 0 saturated heterocycles. The molecule has 0 bridgehead atoms. The minimum Gasteiger partial charge on any atom is -0.381 e. The highest BCUT2D eigenvalue weighted by Crippen LogP contribution is 2.23. The maximum Gasteiger partial charge on any atom is 0.156 e. The quantitative estimate of drug-likeness (QED) is 0.915. The molecular formula is C11H11BrN6. The van der Waals surface area contributed by atoms with E-state index < -0.39 is 5.54 Å². The van der Waals surface area contributed by atoms with E-state index in [-0.39, 0.29) is 0 Å². The number of hydrogen-bond acceptors (Lipinski definition) is 5. The van der Waals surface area contributed by atoms with Crippen molar-refractivity contribution in [3.63, 3.8) is 0 Å². The second-order valence-corrected chi connectivity index (χ2v) is 5.03. The standard InChI is InChI=1S/C11H11BrN6/c1-11(2,6-13)18-5-7(3-16-18)8-4-15-10(14)9(12)17-8/h3-5H,1-2H3,(H2,14,15). The van der Waals surface area contributed by atoms with Crippen LogP contribution in [0.4, 0.5) is 5.82 Å². The summed E-state index contributed by atoms with van der Waals surface area (Å²) >= 11 is 3.23. The zero-order valence-electron chi connectivity index (χ0n) is 9.92. The van der Waals surface area contributed by atoms with Crippen LogP contribution in [0.1, 0.15) is 13.8 Å². The summed E-state index contributed by atoms with van der Waals surface area (Å²) in [5, 5.41) is 13.2. The predicted molar refractivity (Wildman–Crippen MR) is 70.3 cm³/mol. The van der Waals surface area contributed by atoms with Crippen LogP contribution in [0.5, 0.6) is 0 Å². The summed E-state index contributed by atoms with van der Waals surface area (Å²) < 4.78 is 2.08. The number of nitrogens with two attached hydrogens (primary N) is 1. The van der Waals surface area contributed by atoms with Gasteiger partial charge in [-0.25, -0.2) is 9.97 Å². The lowest BCUT2D eigenvalue weighted by atomic mass is 10.1. The van der Waals surface area contributed by atoms with Crippen molar-refractivity contribution >= 4 is 21.7 Å². The first kappa shape index (κ1) is 12.5. The van der Waals surface area contributed by atoms with Gasteiger partial charge in [-0.1, -0.05) is 0 Å². The molecular weight excluding hydrogens is 296 g/mol. The first-order valence-electron chi connectivity index (χ1n) is 5.19. The Morgan fingerprint density at radius 1 is 1.44 bits per heavy atom. The molecule has 0 aromatic carbocycles. The van der Waals surface area contributed by atoms with E-state index in [1.165, 1.54) is 0 Å². The highest BCUT2D eigenvalue weighted by Gasteiger charge is 2.20. The molecule has 18 heavy (non-hydrogen) atoms. The van der Waals surface area contributed by atoms with Gasteiger partial charge in [-0.15, -0.1) is 0 Å². The summed E-state index contributed by atoms with van der Waals surface area (Å²) in [6.07, 6.45) is 4.97. The maximum atomic E-state index is 9.04. The van der Waals surface area contributed by atoms with Crippen molar-refractivity contribution in [2.24, 2.45) is 0 Å². The van der Waals surface area contributed by atoms with Crippen molar-refractivity contribution in [3.05, 3.63) is 23.2 Å². The zero-order valence-corrected chi connectivity index (χ0v) is 11.5. The molecule has 0 saturated carbocycles. The number of nitriles is 1. The van der Waals surface area contributed by atoms with Gasteiger partial charge in [0.1, 0.15) is 10.1 Å². The van der Waals surface area contributed by atoms with E-state index in [0.29, 0.717) is 16.1 Å². The lowest BCUT2D eigenvalue weighted by molar-refractivity contribution is 0.418. The van der Waals surface area contributed by atoms with Gasteiger partial charge in [0.2, 0.25) is 0 Å². The highest BCUT2D eigenvalue weighted by molar-refractivity contribution is 9.10. The Labute approximate surface area is 113 Å². The minimum absolute atomic E-state index is 0.337. The molecule has 2 aromatic heterocycles. The van der Waals surface area contributed by atoms with Crippen molar-refractivity contribution in [2.75, 3.05) is 5.73 Å². The first-order valence-corrected chi connectivity index (χ1v) is 5.98. The molecule has 6 nitrogen and oxygen atoms in total. The SMILES string of the molecule is CC(C)(C#N)n1cc(-c2cnc(N)c(Br)n2)cn1. The Kier molecular flexibility index (Phi) is 3.05. The summed E-state index contributed by atoms with van der Waals surface area (Å²) in [6.45, 7) is 3.57. The fraction of sp³-hybridized carbons (Fsp3) is 0.273. The Morgan fingerprint density at radius 2 is 2.17 bits per heavy atom. The van der Waals surface area contributed by atoms with Crippen LogP contribution in [-0.4, -0.2) is 19.7 Å². The number of halogens is 1. The van der Waals surface area contributed by atoms with E-state index >= 15 is 0 Å². The Balaban J connectivity index is 2.42. The second kappa shape index (κ2) is 4.38. The molecule has 2 aromatic rings. The fourth-order valence-electron chi connectivity index (χ4n) is 1.33. The molecule has 92 valence electrons. The zero-order chi connectivity index (χ0) is 13.3. The molecule has 0 aliphatic carbocycles. The molecule has 0 aliphatic rings. The van der Waals surface area contributed by atoms with Crippen LogP contribution < -0.4 is 5.73 Å². The number of aromatic nitrogens is 4. The van der Waals surface area contributed by atoms with Crippen LogP contribution >= 0.6 is 15.9 Å². The van der Waals surface area contributed by atoms with E-state index in [2.05, 4.69) is 37.1 Å². The number of hydrogen-bond donors (Lipinski definition) is 1. The van der Waals surface area contributed by atoms with E-state index in [0.717, 1.165) is 5.56 Å². The van der Waals surface area contributed by atoms with Crippen molar-refractivity contribution in [2.45, 2.75) is 19.4 Å². The third kappa shape index (κ3) is 2.19. The average molecular weight is 307 g/mol. The molecule has 0 amide bonds. The van der Waals surface area contributed by atoms with E-state index in [1.807, 2.05) is 0 Å². The molecule has 0 fully saturated rings. The predicted octanol–water partition coefficient (Wildman–Crippen LogP) is 1.94. The molecule has 2 heterocycles. The largest absolute Gasteiger partial charge is 0.381 e. The van der Waals surface area contributed by atoms with Gasteiger partial charge in [0.25, 0.3) is 0 Å². The molecule has 0 spiro atoms. The van der Waals surface area contributed by atoms with E-state index in [4.69, 9.17) is 11.0 Å². The Hall–Kier alpha value is -1.94. The van der Waals surface area contributed by atoms with Gasteiger partial charge in [0.15, 0.2) is 5.82 Å². The third-order valence-corrected chi connectivity index (χ3v) is 3.06. The normalized spacial score (nSPS) is 11.2. The molecule has 0 radical (unpaired) electrons. The lowest BCUT2D eigenvalue weighted by Crippen LogP contribution is -2.24. The number of rotatable bonds is 2. The van der Waals surface area contributed by atoms with Gasteiger partial charge < -0.3 is 5.73 Å². The third-order valence-electron chi connectivity index (χ3n) is 2.48. The van der Waals surface area contributed by atoms with Gasteiger partial charge >= 0.3 is 0 Å². The van der Waals surface area contributed by atoms with Crippen molar-refractivity contribution in [1.82, 2.24) is 19.7 Å². The topological polar surface area (TPSA) is 93.4 Å². The summed E-state index contributed by atoms with van der Waals surface area (Å²) in [4.78, 5) is 8.27. The average Bonchev–Trinajstić information content (AvgIpc) is 2.83. The fourth-order valence-corrected chi connectivity index (χ4v) is 1.62. The van der Waals surface area contributed by atoms with Crippen LogP contribution in [0.3, 0.4) is 0 Å². The van der Waals surface area contributed by atoms with Gasteiger partial charge in [-0.2, -0.15) is 10.4 Å². The molecule has 7 heteroatoms. The number of anilines is 1. The van der Waals surface area contributed by atoms with Crippen LogP contribution in [0, 0.1) is 11.3 Å². The van der Waals surface area contributed by atoms with Crippen LogP contribution in [-0.2, 0) is 5.54 Å². The summed E-state index contributed by atoms with van der Waals surface area (Å²) in [7, 11) is 0. The number of nitrogens with zero attached hydrogens (tertiary/aromatic N) is 5. The van der Waals surface area contributed by atoms with Gasteiger partial charge in [-0.3, -0.25) is 4.68 Å². The highest BCUT2D eigenvalue weighted by atomic mass is 79.9. The van der Waals surface area contributed by atoms with Crippen LogP contribution in [0.15, 0.2) is 23.2 Å². The summed E-state index contributed by atoms with van der Waals surface area (Å²) in [5.74, 6) is 0.337. The first-order chi connectivity index (χ1) is 8.44. The van der Waals surface area contributed by atoms with E-state index in [1.54, 1.807) is 37.1 Å². The molecule has 0 atom stereocenters. The van der Waals surface area contributed by atoms with Gasteiger partial charge in [0.05, 0.1) is 24.2 Å². The summed E-state index contributed by atoms with van der Waals surface area (Å²) in [5.41, 5.74) is 6.31. The molecule has 0 unspecified atom stereocenters. The second-order valence-electron chi connectivity index (χ2n) is 4.28. The maximum absolute atomic E-state index is 9.04. The molecule has 2 N–H and O–H groups in total. The molecule has 2 rings (SSSR count). The van der Waals surface area contributed by atoms with Crippen LogP contribution in [0.2, 0.25) is 0 Å². The van der Waals surface area contributed by atoms with Crippen molar-refractivity contribution < 1.29 is 0 Å². The van der Waals surface area contributed by atoms with Gasteiger partial charge in [-0.05, 0) is 29.8 Å². The smallest absolute Gasteiger partial charge is 0.156 e. The van der Waals surface area contributed by atoms with Crippen molar-refractivity contribution in [1.29, 1.82) is 5.26 Å². The Morgan fingerprint density at radius 3 is 2.78 bits per heavy atom. The minimum atomic E-state index is -0.698.